The first-order chi connectivity index (χ1) is 10.5. The monoisotopic (exact) mass is 297 g/mol. The molecule has 0 spiro atoms. The van der Waals surface area contributed by atoms with Crippen molar-refractivity contribution in [1.29, 1.82) is 0 Å². The fourth-order valence-corrected chi connectivity index (χ4v) is 2.43. The number of nitrogens with zero attached hydrogens (tertiary/aromatic N) is 5. The van der Waals surface area contributed by atoms with Crippen LogP contribution in [0.5, 0.6) is 0 Å². The second-order valence-corrected chi connectivity index (χ2v) is 5.49. The summed E-state index contributed by atoms with van der Waals surface area (Å²) in [7, 11) is 3.58. The smallest absolute Gasteiger partial charge is 0.258 e. The highest BCUT2D eigenvalue weighted by Crippen LogP contribution is 2.21. The zero-order valence-electron chi connectivity index (χ0n) is 13.0. The molecule has 0 aliphatic carbocycles. The van der Waals surface area contributed by atoms with Crippen molar-refractivity contribution in [2.45, 2.75) is 13.3 Å². The van der Waals surface area contributed by atoms with Gasteiger partial charge in [-0.05, 0) is 31.2 Å². The number of anilines is 2. The highest BCUT2D eigenvalue weighted by Gasteiger charge is 2.16. The zero-order chi connectivity index (χ0) is 15.7. The molecule has 0 fully saturated rings. The first kappa shape index (κ1) is 14.3. The summed E-state index contributed by atoms with van der Waals surface area (Å²) in [5.41, 5.74) is 3.57. The fraction of sp³-hybridized carbons (Fsp3) is 0.312. The number of amides is 1. The third-order valence-corrected chi connectivity index (χ3v) is 3.77. The van der Waals surface area contributed by atoms with Crippen LogP contribution in [0.25, 0.3) is 0 Å². The molecule has 0 N–H and O–H groups in total. The maximum atomic E-state index is 12.5. The van der Waals surface area contributed by atoms with Gasteiger partial charge in [0.15, 0.2) is 0 Å². The van der Waals surface area contributed by atoms with Crippen molar-refractivity contribution in [3.63, 3.8) is 0 Å². The van der Waals surface area contributed by atoms with Crippen LogP contribution in [0.15, 0.2) is 41.8 Å². The molecule has 0 radical (unpaired) electrons. The summed E-state index contributed by atoms with van der Waals surface area (Å²) in [4.78, 5) is 14.1. The normalized spacial score (nSPS) is 14.1. The van der Waals surface area contributed by atoms with E-state index in [4.69, 9.17) is 0 Å². The average molecular weight is 297 g/mol. The van der Waals surface area contributed by atoms with Crippen molar-refractivity contribution in [1.82, 2.24) is 9.78 Å². The Hall–Kier alpha value is -2.63. The van der Waals surface area contributed by atoms with Crippen molar-refractivity contribution in [3.8, 4) is 0 Å². The maximum absolute atomic E-state index is 12.5. The minimum absolute atomic E-state index is 0.0550. The van der Waals surface area contributed by atoms with E-state index in [0.29, 0.717) is 5.56 Å². The Morgan fingerprint density at radius 2 is 2.00 bits per heavy atom. The Labute approximate surface area is 129 Å². The van der Waals surface area contributed by atoms with Gasteiger partial charge in [0.05, 0.1) is 17.6 Å². The van der Waals surface area contributed by atoms with Crippen molar-refractivity contribution in [2.75, 3.05) is 23.5 Å². The number of aromatic nitrogens is 2. The van der Waals surface area contributed by atoms with E-state index in [-0.39, 0.29) is 5.91 Å². The summed E-state index contributed by atoms with van der Waals surface area (Å²) in [5.74, 6) is -0.0550. The second-order valence-electron chi connectivity index (χ2n) is 5.49. The number of benzene rings is 1. The predicted molar refractivity (Wildman–Crippen MR) is 87.5 cm³/mol. The van der Waals surface area contributed by atoms with Crippen LogP contribution in [-0.2, 0) is 7.05 Å². The quantitative estimate of drug-likeness (QED) is 0.873. The minimum atomic E-state index is -0.0550. The van der Waals surface area contributed by atoms with Gasteiger partial charge in [-0.15, -0.1) is 0 Å². The second kappa shape index (κ2) is 5.63. The summed E-state index contributed by atoms with van der Waals surface area (Å²) in [6, 6.07) is 7.56. The molecule has 2 heterocycles. The molecule has 2 aromatic rings. The lowest BCUT2D eigenvalue weighted by atomic mass is 10.1. The number of rotatable bonds is 3. The predicted octanol–water partition coefficient (Wildman–Crippen LogP) is 2.28. The number of hydrazone groups is 1. The van der Waals surface area contributed by atoms with E-state index < -0.39 is 0 Å². The van der Waals surface area contributed by atoms with Crippen LogP contribution in [-0.4, -0.2) is 35.0 Å². The van der Waals surface area contributed by atoms with Crippen LogP contribution in [0.1, 0.15) is 23.7 Å². The van der Waals surface area contributed by atoms with Crippen LogP contribution in [0.3, 0.4) is 0 Å². The summed E-state index contributed by atoms with van der Waals surface area (Å²) in [6.45, 7) is 2.93. The fourth-order valence-electron chi connectivity index (χ4n) is 2.43. The van der Waals surface area contributed by atoms with Crippen LogP contribution >= 0.6 is 0 Å². The van der Waals surface area contributed by atoms with Crippen LogP contribution in [0, 0.1) is 0 Å². The summed E-state index contributed by atoms with van der Waals surface area (Å²) in [6.07, 6.45) is 4.48. The van der Waals surface area contributed by atoms with E-state index in [2.05, 4.69) is 10.2 Å². The largest absolute Gasteiger partial charge is 0.309 e. The van der Waals surface area contributed by atoms with E-state index in [1.54, 1.807) is 22.8 Å². The average Bonchev–Trinajstić information content (AvgIpc) is 3.14. The summed E-state index contributed by atoms with van der Waals surface area (Å²) >= 11 is 0. The number of aryl methyl sites for hydroxylation is 1. The summed E-state index contributed by atoms with van der Waals surface area (Å²) in [5, 5.41) is 10.5. The van der Waals surface area contributed by atoms with E-state index in [9.17, 15) is 4.79 Å². The van der Waals surface area contributed by atoms with Crippen LogP contribution in [0.2, 0.25) is 0 Å². The molecule has 1 aromatic carbocycles. The van der Waals surface area contributed by atoms with Gasteiger partial charge in [-0.2, -0.15) is 10.2 Å². The summed E-state index contributed by atoms with van der Waals surface area (Å²) < 4.78 is 1.68. The van der Waals surface area contributed by atoms with Gasteiger partial charge in [0.1, 0.15) is 0 Å². The highest BCUT2D eigenvalue weighted by molar-refractivity contribution is 6.05. The molecule has 0 saturated heterocycles. The molecule has 0 unspecified atom stereocenters. The maximum Gasteiger partial charge on any atom is 0.258 e. The molecule has 6 heteroatoms. The van der Waals surface area contributed by atoms with Crippen molar-refractivity contribution < 1.29 is 4.79 Å². The lowest BCUT2D eigenvalue weighted by Gasteiger charge is -2.17. The molecule has 3 rings (SSSR count). The molecule has 114 valence electrons. The molecule has 1 amide bonds. The molecular weight excluding hydrogens is 278 g/mol. The van der Waals surface area contributed by atoms with Crippen molar-refractivity contribution in [3.05, 3.63) is 42.2 Å². The van der Waals surface area contributed by atoms with Crippen molar-refractivity contribution >= 4 is 23.0 Å². The van der Waals surface area contributed by atoms with Gasteiger partial charge < -0.3 is 4.90 Å². The zero-order valence-corrected chi connectivity index (χ0v) is 13.0. The lowest BCUT2D eigenvalue weighted by molar-refractivity contribution is 0.0993. The number of hydrogen-bond donors (Lipinski definition) is 0. The number of hydrogen-bond acceptors (Lipinski definition) is 4. The van der Waals surface area contributed by atoms with Gasteiger partial charge >= 0.3 is 0 Å². The van der Waals surface area contributed by atoms with E-state index in [0.717, 1.165) is 30.1 Å². The van der Waals surface area contributed by atoms with Gasteiger partial charge in [-0.3, -0.25) is 14.5 Å². The van der Waals surface area contributed by atoms with Gasteiger partial charge in [-0.25, -0.2) is 0 Å². The van der Waals surface area contributed by atoms with Crippen molar-refractivity contribution in [2.24, 2.45) is 12.1 Å². The van der Waals surface area contributed by atoms with Crippen LogP contribution < -0.4 is 9.91 Å². The third-order valence-electron chi connectivity index (χ3n) is 3.77. The van der Waals surface area contributed by atoms with Crippen LogP contribution in [0.4, 0.5) is 11.4 Å². The topological polar surface area (TPSA) is 53.7 Å². The first-order valence-corrected chi connectivity index (χ1v) is 7.23. The van der Waals surface area contributed by atoms with Gasteiger partial charge in [0, 0.05) is 44.5 Å². The molecular formula is C16H19N5O. The lowest BCUT2D eigenvalue weighted by Crippen LogP contribution is -2.25. The van der Waals surface area contributed by atoms with E-state index in [1.807, 2.05) is 49.4 Å². The minimum Gasteiger partial charge on any atom is -0.309 e. The third kappa shape index (κ3) is 2.72. The molecule has 1 aliphatic rings. The first-order valence-electron chi connectivity index (χ1n) is 7.23. The molecule has 0 atom stereocenters. The molecule has 0 bridgehead atoms. The Balaban J connectivity index is 1.76. The molecule has 22 heavy (non-hydrogen) atoms. The number of carbonyl (C=O) groups is 1. The van der Waals surface area contributed by atoms with Gasteiger partial charge in [-0.1, -0.05) is 0 Å². The highest BCUT2D eigenvalue weighted by atomic mass is 16.2. The molecule has 1 aliphatic heterocycles. The molecule has 1 aromatic heterocycles. The molecule has 6 nitrogen and oxygen atoms in total. The SMILES string of the molecule is CC1=NN(c2ccc(C(=O)N(C)c3cnn(C)c3)cc2)CC1. The van der Waals surface area contributed by atoms with Gasteiger partial charge in [0.2, 0.25) is 0 Å². The molecule has 0 saturated carbocycles. The number of carbonyl (C=O) groups excluding carboxylic acids is 1. The van der Waals surface area contributed by atoms with E-state index in [1.165, 1.54) is 0 Å². The Morgan fingerprint density at radius 1 is 1.27 bits per heavy atom. The standard InChI is InChI=1S/C16H19N5O/c1-12-8-9-21(18-12)14-6-4-13(5-7-14)16(22)20(3)15-10-17-19(2)11-15/h4-7,10-11H,8-9H2,1-3H3. The Kier molecular flexibility index (Phi) is 3.66. The van der Waals surface area contributed by atoms with Gasteiger partial charge in [0.25, 0.3) is 5.91 Å². The van der Waals surface area contributed by atoms with E-state index >= 15 is 0 Å². The Bertz CT molecular complexity index is 716. The Morgan fingerprint density at radius 3 is 2.55 bits per heavy atom.